The lowest BCUT2D eigenvalue weighted by Crippen LogP contribution is -2.41. The van der Waals surface area contributed by atoms with Crippen molar-refractivity contribution < 1.29 is 18.8 Å². The molecule has 0 bridgehead atoms. The average molecular weight is 462 g/mol. The van der Waals surface area contributed by atoms with Crippen molar-refractivity contribution in [3.63, 3.8) is 0 Å². The molecular formula is C27H35BN2O4. The first kappa shape index (κ1) is 26.0. The summed E-state index contributed by atoms with van der Waals surface area (Å²) in [6.07, 6.45) is -0.571. The van der Waals surface area contributed by atoms with E-state index in [0.29, 0.717) is 6.42 Å². The molecule has 1 fully saturated rings. The Bertz CT molecular complexity index is 984. The molecule has 3 rings (SSSR count). The molecule has 6 nitrogen and oxygen atoms in total. The minimum absolute atomic E-state index is 0.0461. The first-order valence-corrected chi connectivity index (χ1v) is 11.8. The Morgan fingerprint density at radius 1 is 1.00 bits per heavy atom. The van der Waals surface area contributed by atoms with Gasteiger partial charge < -0.3 is 19.4 Å². The van der Waals surface area contributed by atoms with Crippen LogP contribution in [-0.2, 0) is 18.8 Å². The number of carbonyl (C=O) groups excluding carboxylic acids is 1. The van der Waals surface area contributed by atoms with Crippen LogP contribution >= 0.6 is 0 Å². The summed E-state index contributed by atoms with van der Waals surface area (Å²) in [5.41, 5.74) is 1.99. The van der Waals surface area contributed by atoms with Crippen molar-refractivity contribution in [1.29, 1.82) is 5.26 Å². The molecule has 7 heteroatoms. The van der Waals surface area contributed by atoms with E-state index in [1.807, 2.05) is 102 Å². The lowest BCUT2D eigenvalue weighted by Gasteiger charge is -2.32. The first-order valence-electron chi connectivity index (χ1n) is 11.8. The fourth-order valence-corrected chi connectivity index (χ4v) is 3.84. The SMILES string of the molecule is CC(C)C[C@H](O[C@H](c1ccccc1)c1ccc(B2OC(C)(C)C(C)(C)O2)cc1)C(=O)NCC#N. The molecule has 1 saturated heterocycles. The molecule has 1 N–H and O–H groups in total. The van der Waals surface area contributed by atoms with Crippen LogP contribution in [-0.4, -0.2) is 36.9 Å². The van der Waals surface area contributed by atoms with Crippen molar-refractivity contribution in [1.82, 2.24) is 5.32 Å². The van der Waals surface area contributed by atoms with E-state index in [1.165, 1.54) is 0 Å². The third-order valence-corrected chi connectivity index (χ3v) is 6.49. The number of ether oxygens (including phenoxy) is 1. The van der Waals surface area contributed by atoms with Crippen molar-refractivity contribution in [2.24, 2.45) is 5.92 Å². The molecule has 2 aromatic carbocycles. The summed E-state index contributed by atoms with van der Waals surface area (Å²) >= 11 is 0. The smallest absolute Gasteiger partial charge is 0.399 e. The molecule has 1 heterocycles. The van der Waals surface area contributed by atoms with Crippen LogP contribution in [0.15, 0.2) is 54.6 Å². The third-order valence-electron chi connectivity index (χ3n) is 6.49. The van der Waals surface area contributed by atoms with Crippen LogP contribution in [0.2, 0.25) is 0 Å². The van der Waals surface area contributed by atoms with Crippen molar-refractivity contribution in [3.05, 3.63) is 65.7 Å². The third kappa shape index (κ3) is 6.07. The van der Waals surface area contributed by atoms with E-state index in [-0.39, 0.29) is 18.4 Å². The highest BCUT2D eigenvalue weighted by Gasteiger charge is 2.51. The Hall–Kier alpha value is -2.66. The van der Waals surface area contributed by atoms with Crippen LogP contribution in [0.5, 0.6) is 0 Å². The normalized spacial score (nSPS) is 18.4. The van der Waals surface area contributed by atoms with Gasteiger partial charge in [-0.15, -0.1) is 0 Å². The Labute approximate surface area is 203 Å². The van der Waals surface area contributed by atoms with E-state index in [0.717, 1.165) is 16.6 Å². The minimum Gasteiger partial charge on any atom is -0.399 e. The molecule has 1 aliphatic rings. The molecule has 0 spiro atoms. The van der Waals surface area contributed by atoms with Crippen molar-refractivity contribution >= 4 is 18.5 Å². The van der Waals surface area contributed by atoms with Crippen molar-refractivity contribution in [2.45, 2.75) is 71.4 Å². The second-order valence-corrected chi connectivity index (χ2v) is 10.2. The molecule has 0 aliphatic carbocycles. The monoisotopic (exact) mass is 462 g/mol. The topological polar surface area (TPSA) is 80.6 Å². The zero-order valence-electron chi connectivity index (χ0n) is 21.0. The van der Waals surface area contributed by atoms with Gasteiger partial charge in [-0.2, -0.15) is 5.26 Å². The summed E-state index contributed by atoms with van der Waals surface area (Å²) in [6, 6.07) is 19.8. The number of amides is 1. The van der Waals surface area contributed by atoms with Gasteiger partial charge in [0.1, 0.15) is 18.8 Å². The van der Waals surface area contributed by atoms with E-state index < -0.39 is 30.5 Å². The van der Waals surface area contributed by atoms with Crippen LogP contribution in [0.25, 0.3) is 0 Å². The highest BCUT2D eigenvalue weighted by molar-refractivity contribution is 6.62. The highest BCUT2D eigenvalue weighted by Crippen LogP contribution is 2.36. The van der Waals surface area contributed by atoms with Gasteiger partial charge in [0.05, 0.1) is 17.3 Å². The number of nitriles is 1. The molecule has 0 unspecified atom stereocenters. The lowest BCUT2D eigenvalue weighted by atomic mass is 9.78. The van der Waals surface area contributed by atoms with E-state index in [2.05, 4.69) is 5.32 Å². The maximum atomic E-state index is 12.8. The number of benzene rings is 2. The van der Waals surface area contributed by atoms with E-state index >= 15 is 0 Å². The summed E-state index contributed by atoms with van der Waals surface area (Å²) in [5, 5.41) is 11.5. The Morgan fingerprint density at radius 2 is 1.56 bits per heavy atom. The quantitative estimate of drug-likeness (QED) is 0.448. The summed E-state index contributed by atoms with van der Waals surface area (Å²) in [6.45, 7) is 12.2. The van der Waals surface area contributed by atoms with Crippen LogP contribution < -0.4 is 10.8 Å². The fourth-order valence-electron chi connectivity index (χ4n) is 3.84. The summed E-state index contributed by atoms with van der Waals surface area (Å²) in [4.78, 5) is 12.8. The molecule has 0 aromatic heterocycles. The zero-order valence-corrected chi connectivity index (χ0v) is 21.0. The van der Waals surface area contributed by atoms with E-state index in [9.17, 15) is 4.79 Å². The van der Waals surface area contributed by atoms with Gasteiger partial charge in [0.15, 0.2) is 0 Å². The Balaban J connectivity index is 1.88. The molecule has 1 amide bonds. The number of hydrogen-bond donors (Lipinski definition) is 1. The number of carbonyl (C=O) groups is 1. The van der Waals surface area contributed by atoms with Gasteiger partial charge in [-0.05, 0) is 56.6 Å². The van der Waals surface area contributed by atoms with Crippen LogP contribution in [0.1, 0.15) is 65.2 Å². The molecule has 180 valence electrons. The first-order chi connectivity index (χ1) is 16.0. The van der Waals surface area contributed by atoms with Crippen molar-refractivity contribution in [2.75, 3.05) is 6.54 Å². The zero-order chi connectivity index (χ0) is 24.9. The number of nitrogens with one attached hydrogen (secondary N) is 1. The van der Waals surface area contributed by atoms with Gasteiger partial charge in [-0.1, -0.05) is 68.4 Å². The summed E-state index contributed by atoms with van der Waals surface area (Å²) < 4.78 is 18.8. The standard InChI is InChI=1S/C27H35BN2O4/c1-19(2)18-23(25(31)30-17-16-29)32-24(20-10-8-7-9-11-20)21-12-14-22(15-13-21)28-33-26(3,4)27(5,6)34-28/h7-15,19,23-24H,17-18H2,1-6H3,(H,30,31)/t23-,24+/m0/s1. The molecular weight excluding hydrogens is 427 g/mol. The van der Waals surface area contributed by atoms with Crippen LogP contribution in [0.3, 0.4) is 0 Å². The predicted molar refractivity (Wildman–Crippen MR) is 133 cm³/mol. The van der Waals surface area contributed by atoms with Gasteiger partial charge in [-0.25, -0.2) is 0 Å². The van der Waals surface area contributed by atoms with E-state index in [1.54, 1.807) is 0 Å². The second kappa shape index (κ2) is 10.7. The molecule has 2 aromatic rings. The van der Waals surface area contributed by atoms with Crippen molar-refractivity contribution in [3.8, 4) is 6.07 Å². The summed E-state index contributed by atoms with van der Waals surface area (Å²) in [7, 11) is -0.444. The average Bonchev–Trinajstić information content (AvgIpc) is 3.02. The molecule has 0 radical (unpaired) electrons. The van der Waals surface area contributed by atoms with Gasteiger partial charge in [-0.3, -0.25) is 4.79 Å². The predicted octanol–water partition coefficient (Wildman–Crippen LogP) is 4.15. The fraction of sp³-hybridized carbons (Fsp3) is 0.481. The van der Waals surface area contributed by atoms with Crippen LogP contribution in [0, 0.1) is 17.2 Å². The van der Waals surface area contributed by atoms with Gasteiger partial charge in [0, 0.05) is 0 Å². The minimum atomic E-state index is -0.679. The van der Waals surface area contributed by atoms with Crippen LogP contribution in [0.4, 0.5) is 0 Å². The van der Waals surface area contributed by atoms with E-state index in [4.69, 9.17) is 19.3 Å². The lowest BCUT2D eigenvalue weighted by molar-refractivity contribution is -0.136. The molecule has 1 aliphatic heterocycles. The number of hydrogen-bond acceptors (Lipinski definition) is 5. The van der Waals surface area contributed by atoms with Gasteiger partial charge >= 0.3 is 7.12 Å². The maximum absolute atomic E-state index is 12.8. The molecule has 0 saturated carbocycles. The Morgan fingerprint density at radius 3 is 2.09 bits per heavy atom. The maximum Gasteiger partial charge on any atom is 0.494 e. The summed E-state index contributed by atoms with van der Waals surface area (Å²) in [5.74, 6) is -0.0231. The second-order valence-electron chi connectivity index (χ2n) is 10.2. The molecule has 2 atom stereocenters. The van der Waals surface area contributed by atoms with Gasteiger partial charge in [0.25, 0.3) is 0 Å². The van der Waals surface area contributed by atoms with Gasteiger partial charge in [0.2, 0.25) is 5.91 Å². The highest BCUT2D eigenvalue weighted by atomic mass is 16.7. The molecule has 34 heavy (non-hydrogen) atoms. The Kier molecular flexibility index (Phi) is 8.19. The number of rotatable bonds is 9. The largest absolute Gasteiger partial charge is 0.494 e. The number of nitrogens with zero attached hydrogens (tertiary/aromatic N) is 1.